The first-order valence-electron chi connectivity index (χ1n) is 19.9. The number of aliphatic hydroxyl groups excluding tert-OH is 1. The summed E-state index contributed by atoms with van der Waals surface area (Å²) < 4.78 is 11.5. The first kappa shape index (κ1) is 45.3. The van der Waals surface area contributed by atoms with Crippen LogP contribution in [0.5, 0.6) is 0 Å². The number of quaternary nitrogens is 1. The SMILES string of the molecule is CCCCCCCCC(CCCCCC)C(=O)OCCN(CCOC(=O)C(CCCCCC)CCCCCCCC)C(=O)C([NH3+])CO. The van der Waals surface area contributed by atoms with Crippen molar-refractivity contribution in [2.24, 2.45) is 11.8 Å². The van der Waals surface area contributed by atoms with Gasteiger partial charge in [0.2, 0.25) is 0 Å². The standard InChI is InChI=1S/C39H76N2O6/c1-5-9-13-17-19-23-27-34(25-21-15-11-7-3)38(44)46-31-29-41(37(43)36(40)33-42)30-32-47-39(45)35(26-22-16-12-8-4)28-24-20-18-14-10-6-2/h34-36,42H,5-33,40H2,1-4H3/p+1. The van der Waals surface area contributed by atoms with Crippen molar-refractivity contribution in [3.63, 3.8) is 0 Å². The van der Waals surface area contributed by atoms with Crippen molar-refractivity contribution in [2.45, 2.75) is 188 Å². The highest BCUT2D eigenvalue weighted by Crippen LogP contribution is 2.22. The van der Waals surface area contributed by atoms with Crippen molar-refractivity contribution in [1.29, 1.82) is 0 Å². The minimum Gasteiger partial charge on any atom is -0.464 e. The van der Waals surface area contributed by atoms with Crippen LogP contribution in [0.1, 0.15) is 182 Å². The van der Waals surface area contributed by atoms with Crippen molar-refractivity contribution in [1.82, 2.24) is 4.90 Å². The molecule has 0 bridgehead atoms. The molecule has 3 unspecified atom stereocenters. The van der Waals surface area contributed by atoms with Gasteiger partial charge in [-0.05, 0) is 25.7 Å². The van der Waals surface area contributed by atoms with E-state index in [-0.39, 0.29) is 62.6 Å². The Balaban J connectivity index is 5.06. The summed E-state index contributed by atoms with van der Waals surface area (Å²) in [5.41, 5.74) is 3.78. The number of hydrogen-bond acceptors (Lipinski definition) is 6. The average Bonchev–Trinajstić information content (AvgIpc) is 3.07. The fourth-order valence-corrected chi connectivity index (χ4v) is 6.15. The molecule has 1 amide bonds. The molecule has 0 aliphatic rings. The fourth-order valence-electron chi connectivity index (χ4n) is 6.15. The van der Waals surface area contributed by atoms with E-state index < -0.39 is 6.04 Å². The molecule has 3 atom stereocenters. The smallest absolute Gasteiger partial charge is 0.308 e. The third-order valence-electron chi connectivity index (χ3n) is 9.38. The molecule has 0 aromatic carbocycles. The number of carbonyl (C=O) groups is 3. The highest BCUT2D eigenvalue weighted by Gasteiger charge is 2.26. The molecule has 0 aromatic heterocycles. The van der Waals surface area contributed by atoms with Crippen molar-refractivity contribution < 1.29 is 34.7 Å². The quantitative estimate of drug-likeness (QED) is 0.0527. The lowest BCUT2D eigenvalue weighted by Gasteiger charge is -2.25. The molecule has 0 saturated carbocycles. The first-order chi connectivity index (χ1) is 22.9. The minimum atomic E-state index is -0.820. The van der Waals surface area contributed by atoms with Crippen LogP contribution in [0.4, 0.5) is 0 Å². The van der Waals surface area contributed by atoms with Crippen molar-refractivity contribution >= 4 is 17.8 Å². The lowest BCUT2D eigenvalue weighted by molar-refractivity contribution is -0.411. The van der Waals surface area contributed by atoms with Crippen LogP contribution >= 0.6 is 0 Å². The van der Waals surface area contributed by atoms with E-state index in [1.165, 1.54) is 69.1 Å². The molecule has 0 radical (unpaired) electrons. The van der Waals surface area contributed by atoms with Crippen molar-refractivity contribution in [2.75, 3.05) is 32.9 Å². The zero-order valence-electron chi connectivity index (χ0n) is 31.4. The number of rotatable bonds is 34. The Hall–Kier alpha value is -1.67. The van der Waals surface area contributed by atoms with Gasteiger partial charge in [-0.15, -0.1) is 0 Å². The topological polar surface area (TPSA) is 121 Å². The molecule has 8 nitrogen and oxygen atoms in total. The third kappa shape index (κ3) is 25.0. The molecule has 0 heterocycles. The highest BCUT2D eigenvalue weighted by atomic mass is 16.5. The molecule has 0 aromatic rings. The van der Waals surface area contributed by atoms with E-state index in [0.29, 0.717) is 0 Å². The molecule has 0 rings (SSSR count). The largest absolute Gasteiger partial charge is 0.464 e. The second-order valence-corrected chi connectivity index (χ2v) is 13.7. The summed E-state index contributed by atoms with van der Waals surface area (Å²) in [5, 5.41) is 9.59. The molecular formula is C39H77N2O6+. The molecule has 278 valence electrons. The van der Waals surface area contributed by atoms with Crippen LogP contribution in [0.15, 0.2) is 0 Å². The summed E-state index contributed by atoms with van der Waals surface area (Å²) >= 11 is 0. The Labute approximate surface area is 289 Å². The summed E-state index contributed by atoms with van der Waals surface area (Å²) in [7, 11) is 0. The van der Waals surface area contributed by atoms with E-state index in [4.69, 9.17) is 9.47 Å². The van der Waals surface area contributed by atoms with Gasteiger partial charge in [0.15, 0.2) is 6.04 Å². The maximum Gasteiger partial charge on any atom is 0.308 e. The van der Waals surface area contributed by atoms with Gasteiger partial charge in [0.1, 0.15) is 19.8 Å². The van der Waals surface area contributed by atoms with Gasteiger partial charge in [0, 0.05) is 0 Å². The van der Waals surface area contributed by atoms with Crippen LogP contribution in [0.3, 0.4) is 0 Å². The van der Waals surface area contributed by atoms with E-state index in [9.17, 15) is 19.5 Å². The normalized spacial score (nSPS) is 13.2. The summed E-state index contributed by atoms with van der Waals surface area (Å²) in [4.78, 5) is 40.8. The van der Waals surface area contributed by atoms with E-state index in [1.807, 2.05) is 0 Å². The number of nitrogens with zero attached hydrogens (tertiary/aromatic N) is 1. The fraction of sp³-hybridized carbons (Fsp3) is 0.923. The second-order valence-electron chi connectivity index (χ2n) is 13.7. The molecule has 0 aliphatic heterocycles. The third-order valence-corrected chi connectivity index (χ3v) is 9.38. The van der Waals surface area contributed by atoms with Gasteiger partial charge in [-0.1, -0.05) is 156 Å². The number of hydrogen-bond donors (Lipinski definition) is 2. The predicted octanol–water partition coefficient (Wildman–Crippen LogP) is 8.18. The summed E-state index contributed by atoms with van der Waals surface area (Å²) in [6.45, 7) is 8.97. The monoisotopic (exact) mass is 670 g/mol. The Bertz CT molecular complexity index is 699. The first-order valence-corrected chi connectivity index (χ1v) is 19.9. The molecular weight excluding hydrogens is 592 g/mol. The number of esters is 2. The maximum atomic E-state index is 13.1. The molecule has 0 fully saturated rings. The van der Waals surface area contributed by atoms with Gasteiger partial charge >= 0.3 is 11.9 Å². The molecule has 0 spiro atoms. The Morgan fingerprint density at radius 2 is 0.830 bits per heavy atom. The van der Waals surface area contributed by atoms with E-state index in [0.717, 1.165) is 89.9 Å². The zero-order valence-corrected chi connectivity index (χ0v) is 31.4. The van der Waals surface area contributed by atoms with Crippen LogP contribution in [-0.2, 0) is 23.9 Å². The predicted molar refractivity (Wildman–Crippen MR) is 193 cm³/mol. The number of ether oxygens (including phenoxy) is 2. The van der Waals surface area contributed by atoms with Crippen LogP contribution in [0.25, 0.3) is 0 Å². The van der Waals surface area contributed by atoms with Gasteiger partial charge in [-0.2, -0.15) is 0 Å². The van der Waals surface area contributed by atoms with Gasteiger partial charge < -0.3 is 25.2 Å². The van der Waals surface area contributed by atoms with Crippen LogP contribution in [-0.4, -0.2) is 66.8 Å². The number of amides is 1. The highest BCUT2D eigenvalue weighted by molar-refractivity contribution is 5.80. The van der Waals surface area contributed by atoms with Crippen LogP contribution < -0.4 is 5.73 Å². The lowest BCUT2D eigenvalue weighted by Crippen LogP contribution is -2.70. The minimum absolute atomic E-state index is 0.0801. The molecule has 4 N–H and O–H groups in total. The second kappa shape index (κ2) is 32.9. The van der Waals surface area contributed by atoms with Gasteiger partial charge in [-0.3, -0.25) is 14.4 Å². The summed E-state index contributed by atoms with van der Waals surface area (Å²) in [5.74, 6) is -0.902. The van der Waals surface area contributed by atoms with Crippen LogP contribution in [0, 0.1) is 11.8 Å². The van der Waals surface area contributed by atoms with Gasteiger partial charge in [0.05, 0.1) is 24.9 Å². The average molecular weight is 670 g/mol. The van der Waals surface area contributed by atoms with E-state index in [1.54, 1.807) is 0 Å². The Morgan fingerprint density at radius 3 is 1.15 bits per heavy atom. The van der Waals surface area contributed by atoms with Gasteiger partial charge in [0.25, 0.3) is 5.91 Å². The summed E-state index contributed by atoms with van der Waals surface area (Å²) in [6.07, 6.45) is 26.6. The Kier molecular flexibility index (Phi) is 31.7. The Morgan fingerprint density at radius 1 is 0.532 bits per heavy atom. The molecule has 8 heteroatoms. The van der Waals surface area contributed by atoms with E-state index >= 15 is 0 Å². The number of unbranched alkanes of at least 4 members (excludes halogenated alkanes) is 16. The zero-order chi connectivity index (χ0) is 35.0. The number of aliphatic hydroxyl groups is 1. The van der Waals surface area contributed by atoms with Crippen molar-refractivity contribution in [3.8, 4) is 0 Å². The maximum absolute atomic E-state index is 13.1. The molecule has 47 heavy (non-hydrogen) atoms. The lowest BCUT2D eigenvalue weighted by atomic mass is 9.94. The van der Waals surface area contributed by atoms with E-state index in [2.05, 4.69) is 33.4 Å². The number of carbonyl (C=O) groups excluding carboxylic acids is 3. The van der Waals surface area contributed by atoms with Gasteiger partial charge in [-0.25, -0.2) is 0 Å². The molecule has 0 aliphatic carbocycles. The van der Waals surface area contributed by atoms with Crippen LogP contribution in [0.2, 0.25) is 0 Å². The summed E-state index contributed by atoms with van der Waals surface area (Å²) in [6, 6.07) is -0.820. The van der Waals surface area contributed by atoms with Crippen molar-refractivity contribution in [3.05, 3.63) is 0 Å². The molecule has 0 saturated heterocycles.